The van der Waals surface area contributed by atoms with Crippen LogP contribution in [0.5, 0.6) is 5.75 Å². The van der Waals surface area contributed by atoms with E-state index in [4.69, 9.17) is 19.6 Å². The zero-order valence-corrected chi connectivity index (χ0v) is 27.1. The number of primary amides is 1. The van der Waals surface area contributed by atoms with Crippen molar-refractivity contribution in [1.29, 1.82) is 0 Å². The highest BCUT2D eigenvalue weighted by molar-refractivity contribution is 6.09. The number of hydrogen-bond acceptors (Lipinski definition) is 10. The van der Waals surface area contributed by atoms with E-state index < -0.39 is 23.8 Å². The van der Waals surface area contributed by atoms with Gasteiger partial charge in [-0.1, -0.05) is 6.07 Å². The van der Waals surface area contributed by atoms with Crippen LogP contribution in [0.25, 0.3) is 33.4 Å². The zero-order valence-electron chi connectivity index (χ0n) is 27.1. The predicted molar refractivity (Wildman–Crippen MR) is 181 cm³/mol. The molecule has 2 aromatic rings. The first-order valence-corrected chi connectivity index (χ1v) is 15.8. The minimum Gasteiger partial charge on any atom is -0.508 e. The van der Waals surface area contributed by atoms with E-state index in [0.717, 1.165) is 19.4 Å². The first kappa shape index (κ1) is 36.5. The topological polar surface area (TPSA) is 220 Å². The first-order valence-electron chi connectivity index (χ1n) is 15.8. The normalized spacial score (nSPS) is 11.8. The van der Waals surface area contributed by atoms with Gasteiger partial charge in [0.15, 0.2) is 5.43 Å². The van der Waals surface area contributed by atoms with Crippen molar-refractivity contribution in [3.05, 3.63) is 75.9 Å². The predicted octanol–water partition coefficient (Wildman–Crippen LogP) is 2.48. The molecule has 260 valence electrons. The van der Waals surface area contributed by atoms with Crippen molar-refractivity contribution in [3.63, 3.8) is 0 Å². The number of nitrogens with two attached hydrogens (primary N) is 1. The van der Waals surface area contributed by atoms with Crippen LogP contribution in [0.2, 0.25) is 0 Å². The van der Waals surface area contributed by atoms with Crippen LogP contribution in [0, 0.1) is 0 Å². The Bertz CT molecular complexity index is 1820. The number of carbonyl (C=O) groups is 4. The van der Waals surface area contributed by atoms with Gasteiger partial charge in [-0.3, -0.25) is 19.2 Å². The molecule has 0 fully saturated rings. The number of fused-ring (bicyclic) bond motifs is 2. The number of benzene rings is 3. The highest BCUT2D eigenvalue weighted by Crippen LogP contribution is 2.42. The number of hydrogen-bond donors (Lipinski definition) is 6. The monoisotopic (exact) mass is 676 g/mol. The van der Waals surface area contributed by atoms with Crippen molar-refractivity contribution >= 4 is 34.7 Å². The maximum absolute atomic E-state index is 12.9. The van der Waals surface area contributed by atoms with E-state index in [2.05, 4.69) is 16.0 Å². The fourth-order valence-corrected chi connectivity index (χ4v) is 5.26. The summed E-state index contributed by atoms with van der Waals surface area (Å²) in [5, 5.41) is 29.0. The molecule has 1 aliphatic carbocycles. The number of aromatic carboxylic acids is 1. The van der Waals surface area contributed by atoms with Crippen molar-refractivity contribution in [3.8, 4) is 28.2 Å². The maximum Gasteiger partial charge on any atom is 0.336 e. The van der Waals surface area contributed by atoms with Gasteiger partial charge >= 0.3 is 5.97 Å². The minimum atomic E-state index is -1.26. The van der Waals surface area contributed by atoms with Crippen LogP contribution in [0.15, 0.2) is 63.8 Å². The van der Waals surface area contributed by atoms with Gasteiger partial charge in [-0.15, -0.1) is 0 Å². The number of aromatic hydroxyl groups is 1. The summed E-state index contributed by atoms with van der Waals surface area (Å²) >= 11 is 0. The number of unbranched alkanes of at least 4 members (excludes halogenated alkanes) is 1. The molecule has 14 nitrogen and oxygen atoms in total. The number of ether oxygens (including phenoxy) is 2. The second-order valence-corrected chi connectivity index (χ2v) is 11.2. The molecule has 1 unspecified atom stereocenters. The first-order chi connectivity index (χ1) is 23.6. The lowest BCUT2D eigenvalue weighted by molar-refractivity contribution is -0.128. The zero-order chi connectivity index (χ0) is 35.3. The molecular weight excluding hydrogens is 636 g/mol. The lowest BCUT2D eigenvalue weighted by Crippen LogP contribution is -2.44. The standard InChI is InChI=1S/C35H40N4O10/c1-37-12-3-2-4-28(33(36)43)39-31(42)11-14-47-16-17-48-15-13-38-34(44)21-5-8-24(27(18-21)35(45)46)32-25-9-6-22(40)19-29(25)49-30-20-23(41)7-10-26(30)32/h5-10,18-20,28,37,40H,2-4,11-17H2,1H3,(H2,36,43)(H,38,44)(H,39,42)(H,45,46). The van der Waals surface area contributed by atoms with Crippen LogP contribution in [-0.2, 0) is 19.1 Å². The third kappa shape index (κ3) is 10.1. The van der Waals surface area contributed by atoms with Gasteiger partial charge in [0, 0.05) is 47.2 Å². The highest BCUT2D eigenvalue weighted by atomic mass is 16.5. The van der Waals surface area contributed by atoms with Crippen molar-refractivity contribution < 1.29 is 43.3 Å². The van der Waals surface area contributed by atoms with Gasteiger partial charge in [-0.2, -0.15) is 0 Å². The van der Waals surface area contributed by atoms with Crippen molar-refractivity contribution in [1.82, 2.24) is 16.0 Å². The quantitative estimate of drug-likeness (QED) is 0.0626. The number of amides is 3. The number of nitrogens with one attached hydrogen (secondary N) is 3. The Kier molecular flexibility index (Phi) is 13.2. The molecule has 3 amide bonds. The molecule has 14 heteroatoms. The third-order valence-electron chi connectivity index (χ3n) is 7.68. The van der Waals surface area contributed by atoms with E-state index in [0.29, 0.717) is 28.5 Å². The molecule has 7 N–H and O–H groups in total. The van der Waals surface area contributed by atoms with Crippen molar-refractivity contribution in [2.45, 2.75) is 31.7 Å². The molecular formula is C35H40N4O10. The van der Waals surface area contributed by atoms with Crippen molar-refractivity contribution in [2.75, 3.05) is 46.6 Å². The average Bonchev–Trinajstić information content (AvgIpc) is 3.07. The number of phenols is 1. The average molecular weight is 677 g/mol. The lowest BCUT2D eigenvalue weighted by atomic mass is 9.90. The summed E-state index contributed by atoms with van der Waals surface area (Å²) < 4.78 is 16.7. The smallest absolute Gasteiger partial charge is 0.336 e. The summed E-state index contributed by atoms with van der Waals surface area (Å²) in [6, 6.07) is 12.2. The summed E-state index contributed by atoms with van der Waals surface area (Å²) in [5.41, 5.74) is 6.58. The van der Waals surface area contributed by atoms with Gasteiger partial charge in [-0.05, 0) is 74.8 Å². The fraction of sp³-hybridized carbons (Fsp3) is 0.343. The summed E-state index contributed by atoms with van der Waals surface area (Å²) in [4.78, 5) is 61.1. The molecule has 0 saturated carbocycles. The van der Waals surface area contributed by atoms with E-state index >= 15 is 0 Å². The Morgan fingerprint density at radius 3 is 2.39 bits per heavy atom. The van der Waals surface area contributed by atoms with Crippen LogP contribution >= 0.6 is 0 Å². The summed E-state index contributed by atoms with van der Waals surface area (Å²) in [6.45, 7) is 1.66. The van der Waals surface area contributed by atoms with E-state index in [1.165, 1.54) is 42.5 Å². The van der Waals surface area contributed by atoms with Gasteiger partial charge in [0.1, 0.15) is 23.1 Å². The largest absolute Gasteiger partial charge is 0.508 e. The summed E-state index contributed by atoms with van der Waals surface area (Å²) in [5.74, 6) is -2.53. The molecule has 1 heterocycles. The van der Waals surface area contributed by atoms with Gasteiger partial charge in [-0.25, -0.2) is 4.79 Å². The molecule has 1 aliphatic heterocycles. The lowest BCUT2D eigenvalue weighted by Gasteiger charge is -2.17. The molecule has 0 bridgehead atoms. The van der Waals surface area contributed by atoms with Crippen molar-refractivity contribution in [2.24, 2.45) is 5.73 Å². The third-order valence-corrected chi connectivity index (χ3v) is 7.68. The summed E-state index contributed by atoms with van der Waals surface area (Å²) in [6.07, 6.45) is 2.14. The van der Waals surface area contributed by atoms with E-state index in [9.17, 15) is 34.2 Å². The molecule has 1 atom stereocenters. The van der Waals surface area contributed by atoms with Crippen LogP contribution < -0.4 is 27.1 Å². The molecule has 2 aliphatic rings. The fourth-order valence-electron chi connectivity index (χ4n) is 5.26. The molecule has 4 rings (SSSR count). The Morgan fingerprint density at radius 2 is 1.65 bits per heavy atom. The molecule has 0 saturated heterocycles. The van der Waals surface area contributed by atoms with Gasteiger partial charge < -0.3 is 45.8 Å². The summed E-state index contributed by atoms with van der Waals surface area (Å²) in [7, 11) is 1.84. The Morgan fingerprint density at radius 1 is 0.898 bits per heavy atom. The minimum absolute atomic E-state index is 0.0597. The van der Waals surface area contributed by atoms with Crippen LogP contribution in [-0.4, -0.2) is 86.5 Å². The van der Waals surface area contributed by atoms with Crippen LogP contribution in [0.3, 0.4) is 0 Å². The molecule has 0 radical (unpaired) electrons. The van der Waals surface area contributed by atoms with E-state index in [1.807, 2.05) is 7.05 Å². The molecule has 49 heavy (non-hydrogen) atoms. The van der Waals surface area contributed by atoms with Gasteiger partial charge in [0.2, 0.25) is 11.8 Å². The molecule has 0 spiro atoms. The van der Waals surface area contributed by atoms with Crippen LogP contribution in [0.1, 0.15) is 46.4 Å². The van der Waals surface area contributed by atoms with Gasteiger partial charge in [0.05, 0.1) is 32.0 Å². The Balaban J connectivity index is 1.27. The second kappa shape index (κ2) is 17.7. The molecule has 2 aromatic carbocycles. The number of carboxylic acids is 1. The Hall–Kier alpha value is -5.31. The van der Waals surface area contributed by atoms with E-state index in [1.54, 1.807) is 12.1 Å². The number of carbonyl (C=O) groups excluding carboxylic acids is 3. The molecule has 0 aromatic heterocycles. The van der Waals surface area contributed by atoms with Crippen LogP contribution in [0.4, 0.5) is 0 Å². The number of carboxylic acid groups (broad SMARTS) is 1. The highest BCUT2D eigenvalue weighted by Gasteiger charge is 2.23. The number of rotatable bonds is 19. The Labute approximate surface area is 281 Å². The SMILES string of the molecule is CNCCCCC(NC(=O)CCOCCOCCNC(=O)c1ccc(-c2c3ccc(=O)cc-3oc3cc(O)ccc23)c(C(=O)O)c1)C(N)=O. The second-order valence-electron chi connectivity index (χ2n) is 11.2. The van der Waals surface area contributed by atoms with E-state index in [-0.39, 0.29) is 78.9 Å². The van der Waals surface area contributed by atoms with Gasteiger partial charge in [0.25, 0.3) is 5.91 Å². The maximum atomic E-state index is 12.9. The number of phenolic OH excluding ortho intramolecular Hbond substituents is 1.